The quantitative estimate of drug-likeness (QED) is 0.403. The number of rotatable bonds is 8. The third-order valence-electron chi connectivity index (χ3n) is 4.09. The molecule has 11 heteroatoms. The Labute approximate surface area is 167 Å². The first kappa shape index (κ1) is 19.9. The van der Waals surface area contributed by atoms with Gasteiger partial charge in [0.2, 0.25) is 0 Å². The van der Waals surface area contributed by atoms with Gasteiger partial charge in [0.25, 0.3) is 11.8 Å². The Balaban J connectivity index is 1.90. The van der Waals surface area contributed by atoms with Crippen LogP contribution < -0.4 is 21.3 Å². The van der Waals surface area contributed by atoms with Crippen molar-refractivity contribution in [2.75, 3.05) is 19.4 Å². The Morgan fingerprint density at radius 3 is 2.52 bits per heavy atom. The molecule has 1 aliphatic rings. The molecule has 0 aliphatic heterocycles. The highest BCUT2D eigenvalue weighted by atomic mass is 16.2. The average molecular weight is 395 g/mol. The van der Waals surface area contributed by atoms with Gasteiger partial charge in [-0.25, -0.2) is 19.9 Å². The van der Waals surface area contributed by atoms with Crippen LogP contribution in [0.15, 0.2) is 36.8 Å². The number of carbonyl (C=O) groups excluding carboxylic acids is 2. The summed E-state index contributed by atoms with van der Waals surface area (Å²) in [5.74, 6) is -0.726. The zero-order valence-electron chi connectivity index (χ0n) is 16.0. The predicted molar refractivity (Wildman–Crippen MR) is 106 cm³/mol. The second-order valence-corrected chi connectivity index (χ2v) is 6.27. The maximum atomic E-state index is 13.0. The van der Waals surface area contributed by atoms with Crippen LogP contribution in [-0.2, 0) is 4.79 Å². The second kappa shape index (κ2) is 8.87. The van der Waals surface area contributed by atoms with Crippen molar-refractivity contribution in [1.82, 2.24) is 35.9 Å². The largest absolute Gasteiger partial charge is 0.392 e. The van der Waals surface area contributed by atoms with Crippen LogP contribution in [-0.4, -0.2) is 51.6 Å². The van der Waals surface area contributed by atoms with Crippen LogP contribution in [0.5, 0.6) is 0 Å². The van der Waals surface area contributed by atoms with Crippen molar-refractivity contribution in [3.8, 4) is 0 Å². The molecule has 150 valence electrons. The zero-order valence-corrected chi connectivity index (χ0v) is 16.0. The first-order valence-corrected chi connectivity index (χ1v) is 8.92. The van der Waals surface area contributed by atoms with E-state index >= 15 is 0 Å². The van der Waals surface area contributed by atoms with Crippen molar-refractivity contribution in [1.29, 1.82) is 5.41 Å². The summed E-state index contributed by atoms with van der Waals surface area (Å²) in [5, 5.41) is 18.6. The van der Waals surface area contributed by atoms with Crippen molar-refractivity contribution >= 4 is 29.0 Å². The molecule has 0 atom stereocenters. The number of aromatic nitrogens is 4. The molecule has 0 aromatic carbocycles. The zero-order chi connectivity index (χ0) is 20.8. The lowest BCUT2D eigenvalue weighted by Crippen LogP contribution is -2.37. The summed E-state index contributed by atoms with van der Waals surface area (Å²) in [6.07, 6.45) is 9.46. The predicted octanol–water partition coefficient (Wildman–Crippen LogP) is 0.444. The van der Waals surface area contributed by atoms with Crippen LogP contribution >= 0.6 is 0 Å². The number of hydrogen-bond donors (Lipinski definition) is 5. The summed E-state index contributed by atoms with van der Waals surface area (Å²) in [6.45, 7) is 0. The molecule has 1 aliphatic carbocycles. The summed E-state index contributed by atoms with van der Waals surface area (Å²) in [5.41, 5.74) is 0.923. The van der Waals surface area contributed by atoms with Crippen molar-refractivity contribution in [2.24, 2.45) is 0 Å². The van der Waals surface area contributed by atoms with Crippen LogP contribution in [0.3, 0.4) is 0 Å². The topological polar surface area (TPSA) is 158 Å². The normalized spacial score (nSPS) is 13.4. The third kappa shape index (κ3) is 4.89. The molecule has 1 fully saturated rings. The van der Waals surface area contributed by atoms with Gasteiger partial charge in [0.05, 0.1) is 35.7 Å². The lowest BCUT2D eigenvalue weighted by molar-refractivity contribution is -0.114. The first-order chi connectivity index (χ1) is 14.0. The van der Waals surface area contributed by atoms with E-state index in [4.69, 9.17) is 5.41 Å². The maximum Gasteiger partial charge on any atom is 0.278 e. The smallest absolute Gasteiger partial charge is 0.278 e. The molecule has 0 spiro atoms. The molecule has 0 radical (unpaired) electrons. The maximum absolute atomic E-state index is 13.0. The summed E-state index contributed by atoms with van der Waals surface area (Å²) < 4.78 is 0. The van der Waals surface area contributed by atoms with Crippen molar-refractivity contribution in [3.63, 3.8) is 0 Å². The SMILES string of the molecule is CN/C=C(/NC(=O)c1nc(C2CC2)cnc1Nc1cncnc1)C(=N)C(=O)NC. The Hall–Kier alpha value is -3.89. The van der Waals surface area contributed by atoms with Crippen LogP contribution in [0.2, 0.25) is 0 Å². The highest BCUT2D eigenvalue weighted by molar-refractivity contribution is 6.44. The monoisotopic (exact) mass is 395 g/mol. The lowest BCUT2D eigenvalue weighted by Gasteiger charge is -2.14. The Bertz CT molecular complexity index is 955. The van der Waals surface area contributed by atoms with Gasteiger partial charge in [-0.15, -0.1) is 0 Å². The first-order valence-electron chi connectivity index (χ1n) is 8.92. The molecule has 2 amide bonds. The molecule has 2 aromatic heterocycles. The van der Waals surface area contributed by atoms with E-state index in [0.717, 1.165) is 18.5 Å². The van der Waals surface area contributed by atoms with E-state index in [0.29, 0.717) is 11.6 Å². The van der Waals surface area contributed by atoms with Crippen molar-refractivity contribution < 1.29 is 9.59 Å². The number of nitrogens with one attached hydrogen (secondary N) is 5. The highest BCUT2D eigenvalue weighted by Gasteiger charge is 2.28. The van der Waals surface area contributed by atoms with Gasteiger partial charge < -0.3 is 21.3 Å². The standard InChI is InChI=1S/C18H21N9O2/c1-20-7-13(14(19)17(28)21-2)27-18(29)15-16(25-11-5-22-9-23-6-11)24-8-12(26-15)10-3-4-10/h5-10,19-20H,3-4H2,1-2H3,(H,21,28)(H,24,25)(H,27,29)/b13-7+,19-14?. The molecule has 2 heterocycles. The molecule has 3 rings (SSSR count). The minimum Gasteiger partial charge on any atom is -0.392 e. The Morgan fingerprint density at radius 2 is 1.90 bits per heavy atom. The van der Waals surface area contributed by atoms with Gasteiger partial charge >= 0.3 is 0 Å². The van der Waals surface area contributed by atoms with Crippen LogP contribution in [0, 0.1) is 5.41 Å². The van der Waals surface area contributed by atoms with Gasteiger partial charge in [-0.1, -0.05) is 0 Å². The third-order valence-corrected chi connectivity index (χ3v) is 4.09. The molecule has 0 saturated heterocycles. The number of carbonyl (C=O) groups is 2. The second-order valence-electron chi connectivity index (χ2n) is 6.27. The summed E-state index contributed by atoms with van der Waals surface area (Å²) >= 11 is 0. The van der Waals surface area contributed by atoms with E-state index < -0.39 is 17.5 Å². The van der Waals surface area contributed by atoms with Gasteiger partial charge in [0, 0.05) is 26.2 Å². The fourth-order valence-corrected chi connectivity index (χ4v) is 2.47. The fourth-order valence-electron chi connectivity index (χ4n) is 2.47. The van der Waals surface area contributed by atoms with Gasteiger partial charge in [-0.3, -0.25) is 15.0 Å². The molecule has 11 nitrogen and oxygen atoms in total. The van der Waals surface area contributed by atoms with E-state index in [9.17, 15) is 9.59 Å². The molecule has 2 aromatic rings. The lowest BCUT2D eigenvalue weighted by atomic mass is 10.2. The molecule has 0 bridgehead atoms. The minimum atomic E-state index is -0.635. The summed E-state index contributed by atoms with van der Waals surface area (Å²) in [7, 11) is 3.00. The molecule has 0 unspecified atom stereocenters. The molecular weight excluding hydrogens is 374 g/mol. The van der Waals surface area contributed by atoms with Crippen LogP contribution in [0.4, 0.5) is 11.5 Å². The van der Waals surface area contributed by atoms with Crippen molar-refractivity contribution in [3.05, 3.63) is 48.2 Å². The number of anilines is 2. The van der Waals surface area contributed by atoms with Gasteiger partial charge in [0.1, 0.15) is 12.0 Å². The van der Waals surface area contributed by atoms with Crippen molar-refractivity contribution in [2.45, 2.75) is 18.8 Å². The van der Waals surface area contributed by atoms with Crippen LogP contribution in [0.1, 0.15) is 34.9 Å². The highest BCUT2D eigenvalue weighted by Crippen LogP contribution is 2.39. The summed E-state index contributed by atoms with van der Waals surface area (Å²) in [4.78, 5) is 41.4. The summed E-state index contributed by atoms with van der Waals surface area (Å²) in [6, 6.07) is 0. The average Bonchev–Trinajstić information content (AvgIpc) is 3.58. The fraction of sp³-hybridized carbons (Fsp3) is 0.278. The molecule has 1 saturated carbocycles. The van der Waals surface area contributed by atoms with E-state index in [1.807, 2.05) is 0 Å². The molecule has 5 N–H and O–H groups in total. The van der Waals surface area contributed by atoms with Gasteiger partial charge in [0.15, 0.2) is 11.5 Å². The van der Waals surface area contributed by atoms with E-state index in [1.165, 1.54) is 19.6 Å². The number of amides is 2. The number of nitrogens with zero attached hydrogens (tertiary/aromatic N) is 4. The van der Waals surface area contributed by atoms with Gasteiger partial charge in [-0.2, -0.15) is 0 Å². The number of hydrogen-bond acceptors (Lipinski definition) is 9. The Morgan fingerprint density at radius 1 is 1.17 bits per heavy atom. The Kier molecular flexibility index (Phi) is 6.07. The molecule has 29 heavy (non-hydrogen) atoms. The molecular formula is C18H21N9O2. The van der Waals surface area contributed by atoms with E-state index in [-0.39, 0.29) is 17.2 Å². The van der Waals surface area contributed by atoms with Gasteiger partial charge in [-0.05, 0) is 12.8 Å². The minimum absolute atomic E-state index is 0.00414. The van der Waals surface area contributed by atoms with E-state index in [1.54, 1.807) is 25.6 Å². The van der Waals surface area contributed by atoms with E-state index in [2.05, 4.69) is 41.2 Å². The van der Waals surface area contributed by atoms with Crippen LogP contribution in [0.25, 0.3) is 0 Å².